The molecule has 0 fully saturated rings. The van der Waals surface area contributed by atoms with Crippen molar-refractivity contribution in [2.24, 2.45) is 0 Å². The van der Waals surface area contributed by atoms with E-state index in [1.807, 2.05) is 36.4 Å². The Labute approximate surface area is 792 Å². The number of fused-ring (bicyclic) bond motifs is 19. The van der Waals surface area contributed by atoms with Crippen molar-refractivity contribution >= 4 is 202 Å². The summed E-state index contributed by atoms with van der Waals surface area (Å²) in [5.41, 5.74) is -4.95. The summed E-state index contributed by atoms with van der Waals surface area (Å²) in [5.74, 6) is 0. The molecular weight excluding hydrogens is 1510 g/mol. The zero-order chi connectivity index (χ0) is 130. The van der Waals surface area contributed by atoms with Crippen molar-refractivity contribution in [3.63, 3.8) is 0 Å². The molecule has 0 saturated carbocycles. The van der Waals surface area contributed by atoms with Crippen LogP contribution in [0.5, 0.6) is 0 Å². The zero-order valence-electron chi connectivity index (χ0n) is 119. The molecule has 0 N–H and O–H groups in total. The van der Waals surface area contributed by atoms with Crippen molar-refractivity contribution in [1.82, 2.24) is 0 Å². The third-order valence-corrected chi connectivity index (χ3v) is 24.0. The van der Waals surface area contributed by atoms with Crippen molar-refractivity contribution in [3.05, 3.63) is 435 Å². The van der Waals surface area contributed by atoms with Crippen molar-refractivity contribution < 1.29 is 79.5 Å². The van der Waals surface area contributed by atoms with E-state index < -0.39 is 457 Å². The first-order chi connectivity index (χ1) is 84.2. The number of thiophene rings is 3. The summed E-state index contributed by atoms with van der Waals surface area (Å²) in [5, 5.41) is -3.93. The molecule has 3 heteroatoms. The monoisotopic (exact) mass is 1640 g/mol. The van der Waals surface area contributed by atoms with E-state index in [1.54, 1.807) is 35.6 Å². The fourth-order valence-electron chi connectivity index (χ4n) is 15.7. The van der Waals surface area contributed by atoms with Gasteiger partial charge in [-0.3, -0.25) is 0 Å². The van der Waals surface area contributed by atoms with Crippen molar-refractivity contribution in [2.45, 2.75) is 0 Å². The topological polar surface area (TPSA) is 0 Å². The van der Waals surface area contributed by atoms with Crippen LogP contribution in [0.25, 0.3) is 246 Å². The lowest BCUT2D eigenvalue weighted by Crippen LogP contribution is -1.91. The molecule has 0 unspecified atom stereocenters. The lowest BCUT2D eigenvalue weighted by atomic mass is 9.84. The van der Waals surface area contributed by atoms with Crippen LogP contribution in [0.3, 0.4) is 0 Å². The average Bonchev–Trinajstić information content (AvgIpc) is 1.57. The van der Waals surface area contributed by atoms with Crippen LogP contribution in [0.2, 0.25) is 0 Å². The van der Waals surface area contributed by atoms with Crippen LogP contribution in [0, 0.1) is 0 Å². The standard InChI is InChI=1S/C42H26S.C40H24S.C36H22S/c1-2-11-28(12-3-1)41-33-15-4-6-17-35(33)42(36-18-7-5-16-34(36)41)29-23-21-27(22-24-29)31-19-10-13-30-25-38-32-14-8-9-20-39(32)43-40(38)26-37(30)31;1-2-11-26-22-28(21-20-25(26)10-1)39-30-14-3-5-16-32(30)40(33-17-6-4-15-31(33)39)34-18-9-12-27-23-36-29-13-7-8-19-37(29)41-38(36)24-35(27)34;1-2-10-23(11-3-1)35-27-14-6-8-16-29(27)36(30-17-9-7-15-28(30)35)26-18-19-33-31(21-26)32-20-24-12-4-5-13-25(24)22-34(32)37-33/h1-26H;1-24H;1-22H/i1D,2D,3D,4D,5D,6D,7D,8D,9D,10D,11D,12D,13D,14D,15D,16D,17D,18D,19D,20D,21D,22D,23D,24D,25D,26D;1D,2D,3D,4D,5D,6D,7D,8D,9D,10D,11D,12D,13D,14D,15D,16D,17D,18D,19D,20D,21D,22D,23D,24D;6D,7D,8D,9D,14D,15D,16D,17D. The van der Waals surface area contributed by atoms with Gasteiger partial charge < -0.3 is 0 Å². The van der Waals surface area contributed by atoms with Gasteiger partial charge in [0.05, 0.1) is 79.5 Å². The first kappa shape index (κ1) is 33.6. The molecule has 0 amide bonds. The molecule has 121 heavy (non-hydrogen) atoms. The third kappa shape index (κ3) is 11.9. The molecule has 0 atom stereocenters. The summed E-state index contributed by atoms with van der Waals surface area (Å²) in [4.78, 5) is 0. The summed E-state index contributed by atoms with van der Waals surface area (Å²) in [6.07, 6.45) is 0. The molecule has 26 rings (SSSR count). The van der Waals surface area contributed by atoms with Gasteiger partial charge in [-0.05, 0) is 252 Å². The summed E-state index contributed by atoms with van der Waals surface area (Å²) in [6.45, 7) is 0. The highest BCUT2D eigenvalue weighted by Crippen LogP contribution is 2.51. The molecule has 0 radical (unpaired) electrons. The lowest BCUT2D eigenvalue weighted by Gasteiger charge is -2.19. The van der Waals surface area contributed by atoms with E-state index in [-0.39, 0.29) is 86.1 Å². The first-order valence-electron chi connectivity index (χ1n) is 65.9. The maximum absolute atomic E-state index is 9.68. The molecule has 0 nitrogen and oxygen atoms in total. The Balaban J connectivity index is 0.000000140. The van der Waals surface area contributed by atoms with Crippen LogP contribution in [0.4, 0.5) is 0 Å². The van der Waals surface area contributed by atoms with E-state index in [4.69, 9.17) is 53.5 Å². The lowest BCUT2D eigenvalue weighted by molar-refractivity contribution is 1.63. The SMILES string of the molecule is [2H]c1c([2H])c([2H])c(-c2c3c([2H])c([2H])c([2H])c([2H])c3c(-c3c([2H])c([2H])c(-c4c([2H])c([2H])c([2H])c5c([2H])c6c(sc7c([2H])c([2H])c([2H])c([2H])c76)c([2H])c45)c([2H])c3[2H])c3c([2H])c([2H])c([2H])c([2H])c23)c([2H])c1[2H].[2H]c1c([2H])c([2H])c2c(-c3ccc4sc5cc6ccccc6cc5c4c3)c3c([2H])c([2H])c([2H])c([2H])c3c(-c3ccccc3)c2c1[2H].[2H]c1c([2H])c([2H])c2c(sc3c([2H])c4c(-c5c6c([2H])c([2H])c([2H])c([2H])c6c(-c6c([2H])c([2H])c7c([2H])c([2H])c([2H])c([2H])c7c6[2H])c6c([2H])c([2H])c([2H])c([2H])c56)c([2H])c([2H])c([2H])c4c([2H])c32)c1[2H]. The minimum atomic E-state index is -1.05. The predicted octanol–water partition coefficient (Wildman–Crippen LogP) is 35.4. The zero-order valence-corrected chi connectivity index (χ0v) is 63.8. The van der Waals surface area contributed by atoms with Crippen LogP contribution in [-0.2, 0) is 0 Å². The maximum Gasteiger partial charge on any atom is 0.0645 e. The van der Waals surface area contributed by atoms with E-state index >= 15 is 0 Å². The summed E-state index contributed by atoms with van der Waals surface area (Å²) >= 11 is 3.05. The summed E-state index contributed by atoms with van der Waals surface area (Å²) < 4.78 is 520. The van der Waals surface area contributed by atoms with Crippen molar-refractivity contribution in [3.8, 4) is 77.9 Å². The molecule has 0 aliphatic carbocycles. The average molecular weight is 1640 g/mol. The fraction of sp³-hybridized carbons (Fsp3) is 0. The second kappa shape index (κ2) is 29.1. The Morgan fingerprint density at radius 3 is 1.05 bits per heavy atom. The van der Waals surface area contributed by atoms with Gasteiger partial charge in [0, 0.05) is 60.5 Å². The second-order valence-electron chi connectivity index (χ2n) is 27.4. The Morgan fingerprint density at radius 2 is 0.521 bits per heavy atom. The second-order valence-corrected chi connectivity index (χ2v) is 30.5. The van der Waals surface area contributed by atoms with E-state index in [0.717, 1.165) is 30.9 Å². The fourth-order valence-corrected chi connectivity index (χ4v) is 18.7. The van der Waals surface area contributed by atoms with Gasteiger partial charge in [-0.1, -0.05) is 369 Å². The predicted molar refractivity (Wildman–Crippen MR) is 531 cm³/mol. The van der Waals surface area contributed by atoms with Crippen LogP contribution in [-0.4, -0.2) is 0 Å². The van der Waals surface area contributed by atoms with Gasteiger partial charge in [-0.15, -0.1) is 34.0 Å². The van der Waals surface area contributed by atoms with Gasteiger partial charge in [0.15, 0.2) is 0 Å². The minimum absolute atomic E-state index is 0.0554. The molecule has 0 aliphatic heterocycles. The number of hydrogen-bond acceptors (Lipinski definition) is 3. The molecule has 0 saturated heterocycles. The van der Waals surface area contributed by atoms with Crippen LogP contribution >= 0.6 is 34.0 Å². The summed E-state index contributed by atoms with van der Waals surface area (Å²) in [6, 6.07) is -16.9. The normalized spacial score (nSPS) is 18.5. The highest BCUT2D eigenvalue weighted by Gasteiger charge is 2.23. The van der Waals surface area contributed by atoms with E-state index in [9.17, 15) is 26.0 Å². The molecule has 26 aromatic rings. The molecule has 23 aromatic carbocycles. The van der Waals surface area contributed by atoms with E-state index in [1.165, 1.54) is 0 Å². The van der Waals surface area contributed by atoms with Gasteiger partial charge in [0.2, 0.25) is 0 Å². The Bertz CT molecular complexity index is 12200. The quantitative estimate of drug-likeness (QED) is 0.140. The minimum Gasteiger partial charge on any atom is -0.135 e. The van der Waals surface area contributed by atoms with E-state index in [2.05, 4.69) is 24.3 Å². The van der Waals surface area contributed by atoms with Gasteiger partial charge >= 0.3 is 0 Å². The molecule has 562 valence electrons. The van der Waals surface area contributed by atoms with Crippen molar-refractivity contribution in [1.29, 1.82) is 0 Å². The molecule has 3 aromatic heterocycles. The van der Waals surface area contributed by atoms with Crippen molar-refractivity contribution in [2.75, 3.05) is 0 Å². The largest absolute Gasteiger partial charge is 0.135 e. The first-order valence-corrected chi connectivity index (χ1v) is 39.3. The Morgan fingerprint density at radius 1 is 0.149 bits per heavy atom. The Kier molecular flexibility index (Phi) is 8.09. The Hall–Kier alpha value is -14.7. The van der Waals surface area contributed by atoms with Gasteiger partial charge in [0.25, 0.3) is 0 Å². The third-order valence-electron chi connectivity index (χ3n) is 20.8. The molecule has 0 bridgehead atoms. The smallest absolute Gasteiger partial charge is 0.0645 e. The number of benzene rings is 23. The maximum atomic E-state index is 9.68. The van der Waals surface area contributed by atoms with Crippen LogP contribution in [0.15, 0.2) is 435 Å². The highest BCUT2D eigenvalue weighted by molar-refractivity contribution is 7.26. The summed E-state index contributed by atoms with van der Waals surface area (Å²) in [7, 11) is 0. The van der Waals surface area contributed by atoms with E-state index in [0.29, 0.717) is 44.9 Å². The van der Waals surface area contributed by atoms with Crippen LogP contribution in [0.1, 0.15) is 79.5 Å². The van der Waals surface area contributed by atoms with Gasteiger partial charge in [0.1, 0.15) is 0 Å². The molecular formula is C118H72S3. The van der Waals surface area contributed by atoms with Gasteiger partial charge in [-0.25, -0.2) is 0 Å². The van der Waals surface area contributed by atoms with Gasteiger partial charge in [-0.2, -0.15) is 0 Å². The molecule has 0 spiro atoms. The molecule has 3 heterocycles. The highest BCUT2D eigenvalue weighted by atomic mass is 32.1. The number of hydrogen-bond donors (Lipinski definition) is 0. The number of rotatable bonds is 7. The molecule has 0 aliphatic rings. The van der Waals surface area contributed by atoms with Crippen LogP contribution < -0.4 is 0 Å².